The molecule has 0 fully saturated rings. The third kappa shape index (κ3) is 4.28. The zero-order valence-corrected chi connectivity index (χ0v) is 19.3. The normalized spacial score (nSPS) is 20.0. The zero-order chi connectivity index (χ0) is 21.9. The van der Waals surface area contributed by atoms with Gasteiger partial charge < -0.3 is 9.84 Å². The Hall–Kier alpha value is -2.23. The van der Waals surface area contributed by atoms with Crippen molar-refractivity contribution in [2.75, 3.05) is 20.3 Å². The number of nitrogens with zero attached hydrogens (tertiary/aromatic N) is 1. The first-order valence-corrected chi connectivity index (χ1v) is 11.0. The van der Waals surface area contributed by atoms with Crippen LogP contribution < -0.4 is 0 Å². The Kier molecular flexibility index (Phi) is 6.95. The van der Waals surface area contributed by atoms with Crippen LogP contribution in [0.15, 0.2) is 54.3 Å². The Bertz CT molecular complexity index is 992. The van der Waals surface area contributed by atoms with Gasteiger partial charge in [0, 0.05) is 24.2 Å². The smallest absolute Gasteiger partial charge is 0.188 e. The quantitative estimate of drug-likeness (QED) is 0.504. The topological polar surface area (TPSA) is 32.5 Å². The lowest BCUT2D eigenvalue weighted by Crippen LogP contribution is -2.37. The van der Waals surface area contributed by atoms with Crippen molar-refractivity contribution in [1.82, 2.24) is 0 Å². The molecule has 1 aliphatic heterocycles. The number of benzene rings is 2. The van der Waals surface area contributed by atoms with Gasteiger partial charge in [-0.25, -0.2) is 0 Å². The van der Waals surface area contributed by atoms with E-state index in [1.807, 2.05) is 6.08 Å². The Balaban J connectivity index is 2.31. The molecular formula is C27H36NO2+. The molecule has 2 unspecified atom stereocenters. The van der Waals surface area contributed by atoms with Crippen molar-refractivity contribution >= 4 is 17.0 Å². The summed E-state index contributed by atoms with van der Waals surface area (Å²) in [7, 11) is 1.69. The maximum absolute atomic E-state index is 10.2. The van der Waals surface area contributed by atoms with E-state index in [0.717, 1.165) is 12.0 Å². The van der Waals surface area contributed by atoms with Crippen LogP contribution in [0.3, 0.4) is 0 Å². The van der Waals surface area contributed by atoms with Gasteiger partial charge in [0.2, 0.25) is 0 Å². The van der Waals surface area contributed by atoms with Crippen LogP contribution in [-0.4, -0.2) is 42.3 Å². The van der Waals surface area contributed by atoms with E-state index in [1.165, 1.54) is 27.5 Å². The Morgan fingerprint density at radius 1 is 1.20 bits per heavy atom. The molecule has 3 rings (SSSR count). The number of ether oxygens (including phenoxy) is 1. The van der Waals surface area contributed by atoms with Crippen molar-refractivity contribution in [2.45, 2.75) is 58.4 Å². The number of aliphatic hydroxyl groups excluding tert-OH is 1. The Morgan fingerprint density at radius 2 is 1.90 bits per heavy atom. The molecule has 3 heteroatoms. The molecule has 0 bridgehead atoms. The summed E-state index contributed by atoms with van der Waals surface area (Å²) in [6, 6.07) is 11.2. The molecule has 0 spiro atoms. The van der Waals surface area contributed by atoms with Gasteiger partial charge in [0.15, 0.2) is 18.5 Å². The third-order valence-corrected chi connectivity index (χ3v) is 6.05. The van der Waals surface area contributed by atoms with Crippen molar-refractivity contribution in [1.29, 1.82) is 0 Å². The first kappa shape index (κ1) is 22.5. The molecule has 1 heterocycles. The van der Waals surface area contributed by atoms with E-state index in [1.54, 1.807) is 7.11 Å². The van der Waals surface area contributed by atoms with Crippen molar-refractivity contribution in [3.8, 4) is 0 Å². The lowest BCUT2D eigenvalue weighted by Gasteiger charge is -2.31. The molecule has 0 aromatic heterocycles. The van der Waals surface area contributed by atoms with E-state index >= 15 is 0 Å². The summed E-state index contributed by atoms with van der Waals surface area (Å²) in [5.41, 5.74) is 5.06. The van der Waals surface area contributed by atoms with Gasteiger partial charge in [-0.05, 0) is 45.9 Å². The molecular weight excluding hydrogens is 370 g/mol. The van der Waals surface area contributed by atoms with Crippen LogP contribution in [0.1, 0.15) is 63.6 Å². The van der Waals surface area contributed by atoms with E-state index in [4.69, 9.17) is 4.74 Å². The van der Waals surface area contributed by atoms with Gasteiger partial charge in [0.25, 0.3) is 0 Å². The first-order valence-electron chi connectivity index (χ1n) is 11.0. The van der Waals surface area contributed by atoms with Gasteiger partial charge in [-0.2, -0.15) is 4.58 Å². The average molecular weight is 407 g/mol. The van der Waals surface area contributed by atoms with Crippen LogP contribution in [0.2, 0.25) is 0 Å². The van der Waals surface area contributed by atoms with Gasteiger partial charge >= 0.3 is 0 Å². The highest BCUT2D eigenvalue weighted by molar-refractivity contribution is 5.97. The lowest BCUT2D eigenvalue weighted by atomic mass is 9.76. The average Bonchev–Trinajstić information content (AvgIpc) is 2.72. The number of hydrogen-bond donors (Lipinski definition) is 1. The Labute approximate surface area is 181 Å². The lowest BCUT2D eigenvalue weighted by molar-refractivity contribution is -0.491. The summed E-state index contributed by atoms with van der Waals surface area (Å²) in [6.07, 6.45) is 9.59. The fourth-order valence-electron chi connectivity index (χ4n) is 4.66. The van der Waals surface area contributed by atoms with Crippen LogP contribution in [0.25, 0.3) is 10.8 Å². The summed E-state index contributed by atoms with van der Waals surface area (Å²) in [5.74, 6) is 0.223. The molecule has 0 aliphatic carbocycles. The number of allylic oxidation sites excluding steroid dienone is 1. The summed E-state index contributed by atoms with van der Waals surface area (Å²) in [5, 5.41) is 12.8. The maximum Gasteiger partial charge on any atom is 0.188 e. The van der Waals surface area contributed by atoms with Gasteiger partial charge in [-0.1, -0.05) is 65.0 Å². The molecule has 3 nitrogen and oxygen atoms in total. The van der Waals surface area contributed by atoms with Crippen LogP contribution in [-0.2, 0) is 10.2 Å². The van der Waals surface area contributed by atoms with Crippen LogP contribution in [0.4, 0.5) is 0 Å². The summed E-state index contributed by atoms with van der Waals surface area (Å²) in [6.45, 7) is 11.8. The van der Waals surface area contributed by atoms with E-state index in [-0.39, 0.29) is 24.0 Å². The van der Waals surface area contributed by atoms with Gasteiger partial charge in [-0.15, -0.1) is 0 Å². The molecule has 0 saturated heterocycles. The molecule has 30 heavy (non-hydrogen) atoms. The fraction of sp³-hybridized carbons (Fsp3) is 0.444. The second-order valence-electron chi connectivity index (χ2n) is 9.22. The highest BCUT2D eigenvalue weighted by Crippen LogP contribution is 2.40. The molecule has 0 radical (unpaired) electrons. The molecule has 2 aromatic carbocycles. The zero-order valence-electron chi connectivity index (χ0n) is 19.3. The largest absolute Gasteiger partial charge is 0.392 e. The second kappa shape index (κ2) is 9.28. The summed E-state index contributed by atoms with van der Waals surface area (Å²) in [4.78, 5) is 0. The number of rotatable bonds is 6. The Morgan fingerprint density at radius 3 is 2.50 bits per heavy atom. The summed E-state index contributed by atoms with van der Waals surface area (Å²) < 4.78 is 7.55. The molecule has 1 aliphatic rings. The van der Waals surface area contributed by atoms with Gasteiger partial charge in [0.05, 0.1) is 13.2 Å². The van der Waals surface area contributed by atoms with Gasteiger partial charge in [0.1, 0.15) is 0 Å². The van der Waals surface area contributed by atoms with E-state index in [0.29, 0.717) is 6.61 Å². The molecule has 1 N–H and O–H groups in total. The molecule has 160 valence electrons. The van der Waals surface area contributed by atoms with Crippen molar-refractivity contribution in [3.63, 3.8) is 0 Å². The predicted molar refractivity (Wildman–Crippen MR) is 127 cm³/mol. The molecule has 0 amide bonds. The highest BCUT2D eigenvalue weighted by atomic mass is 16.5. The van der Waals surface area contributed by atoms with E-state index < -0.39 is 0 Å². The predicted octanol–water partition coefficient (Wildman–Crippen LogP) is 5.54. The van der Waals surface area contributed by atoms with Crippen molar-refractivity contribution in [3.05, 3.63) is 70.9 Å². The van der Waals surface area contributed by atoms with Crippen LogP contribution in [0, 0.1) is 0 Å². The number of methoxy groups -OCH3 is 1. The van der Waals surface area contributed by atoms with E-state index in [9.17, 15) is 5.11 Å². The van der Waals surface area contributed by atoms with Crippen LogP contribution >= 0.6 is 0 Å². The van der Waals surface area contributed by atoms with Crippen molar-refractivity contribution in [2.24, 2.45) is 0 Å². The number of hydrogen-bond acceptors (Lipinski definition) is 2. The maximum atomic E-state index is 10.2. The van der Waals surface area contributed by atoms with Crippen molar-refractivity contribution < 1.29 is 14.4 Å². The summed E-state index contributed by atoms with van der Waals surface area (Å²) >= 11 is 0. The number of aliphatic hydroxyl groups is 1. The standard InChI is InChI=1S/C27H36NO2/c1-7-8-14-28-17-21-16-24(27(3,4)5)22-11-9-10-12-23(22)25(21)19(2)26(28)20(18-29)13-15-30-6/h8-14,16-17,19,26,29H,7,15,18H2,1-6H3/q+1/b14-8-,20-13+. The highest BCUT2D eigenvalue weighted by Gasteiger charge is 2.38. The molecule has 0 saturated carbocycles. The SMILES string of the molecule is CC/C=C\[N+]1=Cc2cc(C(C)(C)C)c3ccccc3c2C(C)C1/C(=C/COC)CO. The minimum atomic E-state index is 0.0238. The monoisotopic (exact) mass is 406 g/mol. The molecule has 2 atom stereocenters. The second-order valence-corrected chi connectivity index (χ2v) is 9.22. The fourth-order valence-corrected chi connectivity index (χ4v) is 4.66. The minimum Gasteiger partial charge on any atom is -0.392 e. The third-order valence-electron chi connectivity index (χ3n) is 6.05. The number of fused-ring (bicyclic) bond motifs is 3. The minimum absolute atomic E-state index is 0.0238. The van der Waals surface area contributed by atoms with E-state index in [2.05, 4.69) is 88.0 Å². The first-order chi connectivity index (χ1) is 14.3. The van der Waals surface area contributed by atoms with Crippen LogP contribution in [0.5, 0.6) is 0 Å². The van der Waals surface area contributed by atoms with Gasteiger partial charge in [-0.3, -0.25) is 0 Å². The molecule has 2 aromatic rings.